The van der Waals surface area contributed by atoms with Crippen molar-refractivity contribution in [3.05, 3.63) is 64.9 Å². The number of aromatic nitrogens is 1. The van der Waals surface area contributed by atoms with E-state index in [2.05, 4.69) is 20.6 Å². The highest BCUT2D eigenvalue weighted by atomic mass is 127. The molecule has 1 heterocycles. The predicted octanol–water partition coefficient (Wildman–Crippen LogP) is 3.18. The van der Waals surface area contributed by atoms with Gasteiger partial charge in [0.1, 0.15) is 0 Å². The first kappa shape index (κ1) is 21.7. The summed E-state index contributed by atoms with van der Waals surface area (Å²) in [6.45, 7) is 3.81. The summed E-state index contributed by atoms with van der Waals surface area (Å²) in [6.07, 6.45) is 3.56. The van der Waals surface area contributed by atoms with Crippen molar-refractivity contribution >= 4 is 41.5 Å². The first-order chi connectivity index (χ1) is 11.7. The molecule has 1 atom stereocenters. The van der Waals surface area contributed by atoms with Gasteiger partial charge in [0.2, 0.25) is 0 Å². The van der Waals surface area contributed by atoms with E-state index in [9.17, 15) is 5.11 Å². The lowest BCUT2D eigenvalue weighted by molar-refractivity contribution is 0.187. The Morgan fingerprint density at radius 3 is 2.48 bits per heavy atom. The molecule has 0 saturated carbocycles. The third-order valence-corrected chi connectivity index (χ3v) is 3.73. The Bertz CT molecular complexity index is 637. The van der Waals surface area contributed by atoms with Crippen LogP contribution in [0.2, 0.25) is 5.02 Å². The fourth-order valence-electron chi connectivity index (χ4n) is 2.19. The molecule has 0 bridgehead atoms. The summed E-state index contributed by atoms with van der Waals surface area (Å²) in [7, 11) is 0. The second kappa shape index (κ2) is 12.1. The molecular formula is C18H24ClIN4O. The number of aliphatic hydroxyl groups is 1. The van der Waals surface area contributed by atoms with E-state index >= 15 is 0 Å². The quantitative estimate of drug-likeness (QED) is 0.327. The smallest absolute Gasteiger partial charge is 0.191 e. The maximum absolute atomic E-state index is 10.2. The van der Waals surface area contributed by atoms with Gasteiger partial charge in [0.05, 0.1) is 12.6 Å². The van der Waals surface area contributed by atoms with Crippen LogP contribution in [-0.4, -0.2) is 35.7 Å². The molecule has 1 aromatic carbocycles. The highest BCUT2D eigenvalue weighted by Gasteiger charge is 2.07. The van der Waals surface area contributed by atoms with Crippen molar-refractivity contribution < 1.29 is 5.11 Å². The molecule has 0 amide bonds. The number of halogens is 2. The maximum atomic E-state index is 10.2. The maximum Gasteiger partial charge on any atom is 0.191 e. The molecule has 25 heavy (non-hydrogen) atoms. The monoisotopic (exact) mass is 474 g/mol. The van der Waals surface area contributed by atoms with E-state index in [4.69, 9.17) is 11.6 Å². The molecule has 7 heteroatoms. The van der Waals surface area contributed by atoms with Gasteiger partial charge < -0.3 is 15.7 Å². The Hall–Kier alpha value is -1.38. The Morgan fingerprint density at radius 1 is 1.16 bits per heavy atom. The summed E-state index contributed by atoms with van der Waals surface area (Å²) < 4.78 is 0. The molecule has 2 rings (SSSR count). The molecule has 0 fully saturated rings. The summed E-state index contributed by atoms with van der Waals surface area (Å²) in [5.74, 6) is 0.694. The Kier molecular flexibility index (Phi) is 10.4. The average molecular weight is 475 g/mol. The molecule has 0 spiro atoms. The lowest BCUT2D eigenvalue weighted by atomic mass is 10.1. The molecule has 136 valence electrons. The second-order valence-corrected chi connectivity index (χ2v) is 5.76. The molecule has 1 aromatic heterocycles. The van der Waals surface area contributed by atoms with Crippen LogP contribution in [0.15, 0.2) is 53.8 Å². The fourth-order valence-corrected chi connectivity index (χ4v) is 2.31. The molecular weight excluding hydrogens is 451 g/mol. The van der Waals surface area contributed by atoms with Gasteiger partial charge in [-0.25, -0.2) is 0 Å². The first-order valence-electron chi connectivity index (χ1n) is 8.03. The third kappa shape index (κ3) is 8.02. The van der Waals surface area contributed by atoms with E-state index in [-0.39, 0.29) is 24.0 Å². The van der Waals surface area contributed by atoms with Crippen molar-refractivity contribution in [1.29, 1.82) is 0 Å². The minimum Gasteiger partial charge on any atom is -0.386 e. The number of nitrogens with zero attached hydrogens (tertiary/aromatic N) is 2. The minimum atomic E-state index is -0.639. The molecule has 1 unspecified atom stereocenters. The predicted molar refractivity (Wildman–Crippen MR) is 114 cm³/mol. The van der Waals surface area contributed by atoms with Gasteiger partial charge >= 0.3 is 0 Å². The standard InChI is InChI=1S/C18H23ClN4O.HI/c1-2-21-18(22-12-7-14-3-5-16(19)6-4-14)23-13-17(24)15-8-10-20-11-9-15;/h3-6,8-11,17,24H,2,7,12-13H2,1H3,(H2,21,22,23);1H. The average Bonchev–Trinajstić information content (AvgIpc) is 2.62. The van der Waals surface area contributed by atoms with Gasteiger partial charge in [-0.15, -0.1) is 24.0 Å². The zero-order valence-electron chi connectivity index (χ0n) is 14.2. The van der Waals surface area contributed by atoms with Crippen molar-refractivity contribution in [1.82, 2.24) is 15.6 Å². The van der Waals surface area contributed by atoms with Crippen LogP contribution in [-0.2, 0) is 6.42 Å². The molecule has 0 aliphatic rings. The van der Waals surface area contributed by atoms with Gasteiger partial charge in [-0.1, -0.05) is 23.7 Å². The van der Waals surface area contributed by atoms with Crippen molar-refractivity contribution in [3.8, 4) is 0 Å². The van der Waals surface area contributed by atoms with Gasteiger partial charge in [0.25, 0.3) is 0 Å². The number of aliphatic imine (C=N–C) groups is 1. The minimum absolute atomic E-state index is 0. The molecule has 0 aliphatic heterocycles. The zero-order valence-corrected chi connectivity index (χ0v) is 17.2. The number of hydrogen-bond donors (Lipinski definition) is 3. The highest BCUT2D eigenvalue weighted by molar-refractivity contribution is 14.0. The Morgan fingerprint density at radius 2 is 1.84 bits per heavy atom. The summed E-state index contributed by atoms with van der Waals surface area (Å²) >= 11 is 5.89. The van der Waals surface area contributed by atoms with Crippen molar-refractivity contribution in [2.45, 2.75) is 19.4 Å². The van der Waals surface area contributed by atoms with Gasteiger partial charge in [0.15, 0.2) is 5.96 Å². The van der Waals surface area contributed by atoms with Crippen molar-refractivity contribution in [2.75, 3.05) is 19.6 Å². The van der Waals surface area contributed by atoms with Crippen LogP contribution in [0, 0.1) is 0 Å². The topological polar surface area (TPSA) is 69.5 Å². The van der Waals surface area contributed by atoms with Crippen LogP contribution >= 0.6 is 35.6 Å². The molecule has 0 radical (unpaired) electrons. The van der Waals surface area contributed by atoms with E-state index in [1.165, 1.54) is 5.56 Å². The van der Waals surface area contributed by atoms with Crippen LogP contribution in [0.5, 0.6) is 0 Å². The Labute approximate surface area is 170 Å². The summed E-state index contributed by atoms with van der Waals surface area (Å²) in [6, 6.07) is 11.4. The summed E-state index contributed by atoms with van der Waals surface area (Å²) in [5, 5.41) is 17.4. The number of guanidine groups is 1. The molecule has 5 nitrogen and oxygen atoms in total. The van der Waals surface area contributed by atoms with Crippen LogP contribution in [0.1, 0.15) is 24.2 Å². The van der Waals surface area contributed by atoms with Gasteiger partial charge in [-0.2, -0.15) is 0 Å². The molecule has 2 aromatic rings. The number of aliphatic hydroxyl groups excluding tert-OH is 1. The molecule has 0 aliphatic carbocycles. The first-order valence-corrected chi connectivity index (χ1v) is 8.41. The van der Waals surface area contributed by atoms with E-state index in [1.54, 1.807) is 24.5 Å². The van der Waals surface area contributed by atoms with E-state index in [1.807, 2.05) is 31.2 Å². The zero-order chi connectivity index (χ0) is 17.2. The van der Waals surface area contributed by atoms with Gasteiger partial charge in [-0.3, -0.25) is 9.98 Å². The third-order valence-electron chi connectivity index (χ3n) is 3.48. The van der Waals surface area contributed by atoms with Crippen LogP contribution in [0.3, 0.4) is 0 Å². The van der Waals surface area contributed by atoms with E-state index in [0.29, 0.717) is 12.5 Å². The Balaban J connectivity index is 0.00000312. The number of rotatable bonds is 7. The van der Waals surface area contributed by atoms with Crippen LogP contribution < -0.4 is 10.6 Å². The van der Waals surface area contributed by atoms with Gasteiger partial charge in [-0.05, 0) is 48.7 Å². The van der Waals surface area contributed by atoms with Crippen LogP contribution in [0.25, 0.3) is 0 Å². The number of nitrogens with one attached hydrogen (secondary N) is 2. The molecule has 0 saturated heterocycles. The largest absolute Gasteiger partial charge is 0.386 e. The second-order valence-electron chi connectivity index (χ2n) is 5.32. The lowest BCUT2D eigenvalue weighted by Crippen LogP contribution is -2.38. The number of benzene rings is 1. The number of hydrogen-bond acceptors (Lipinski definition) is 3. The molecule has 3 N–H and O–H groups in total. The van der Waals surface area contributed by atoms with Gasteiger partial charge in [0, 0.05) is 30.5 Å². The van der Waals surface area contributed by atoms with Crippen LogP contribution in [0.4, 0.5) is 0 Å². The SMILES string of the molecule is CCNC(=NCC(O)c1ccncc1)NCCc1ccc(Cl)cc1.I. The normalized spacial score (nSPS) is 12.2. The number of pyridine rings is 1. The van der Waals surface area contributed by atoms with E-state index < -0.39 is 6.10 Å². The van der Waals surface area contributed by atoms with E-state index in [0.717, 1.165) is 30.1 Å². The lowest BCUT2D eigenvalue weighted by Gasteiger charge is -2.13. The fraction of sp³-hybridized carbons (Fsp3) is 0.333. The van der Waals surface area contributed by atoms with Crippen molar-refractivity contribution in [3.63, 3.8) is 0 Å². The highest BCUT2D eigenvalue weighted by Crippen LogP contribution is 2.11. The van der Waals surface area contributed by atoms with Crippen molar-refractivity contribution in [2.24, 2.45) is 4.99 Å². The summed E-state index contributed by atoms with van der Waals surface area (Å²) in [5.41, 5.74) is 2.02. The summed E-state index contributed by atoms with van der Waals surface area (Å²) in [4.78, 5) is 8.39.